The van der Waals surface area contributed by atoms with E-state index in [4.69, 9.17) is 0 Å². The van der Waals surface area contributed by atoms with Crippen LogP contribution in [0.5, 0.6) is 0 Å². The molecule has 6 heteroatoms. The van der Waals surface area contributed by atoms with Crippen LogP contribution in [0.2, 0.25) is 0 Å². The quantitative estimate of drug-likeness (QED) is 0.594. The largest absolute Gasteiger partial charge is 0.274 e. The lowest BCUT2D eigenvalue weighted by atomic mass is 10.2. The third-order valence-corrected chi connectivity index (χ3v) is 3.37. The molecular weight excluding hydrogens is 322 g/mol. The van der Waals surface area contributed by atoms with Crippen LogP contribution >= 0.6 is 16.1 Å². The molecular formula is C14H12BrN3O2. The van der Waals surface area contributed by atoms with Crippen LogP contribution in [-0.2, 0) is 9.59 Å². The van der Waals surface area contributed by atoms with Crippen molar-refractivity contribution in [2.75, 3.05) is 0 Å². The minimum Gasteiger partial charge on any atom is -0.274 e. The van der Waals surface area contributed by atoms with E-state index in [0.29, 0.717) is 12.8 Å². The van der Waals surface area contributed by atoms with Crippen molar-refractivity contribution in [3.8, 4) is 11.4 Å². The van der Waals surface area contributed by atoms with Gasteiger partial charge in [-0.1, -0.05) is 12.1 Å². The van der Waals surface area contributed by atoms with E-state index in [1.165, 1.54) is 0 Å². The van der Waals surface area contributed by atoms with Crippen LogP contribution in [-0.4, -0.2) is 25.7 Å². The molecule has 0 saturated carbocycles. The highest BCUT2D eigenvalue weighted by atomic mass is 79.9. The average Bonchev–Trinajstić information content (AvgIpc) is 2.81. The molecule has 2 amide bonds. The van der Waals surface area contributed by atoms with Crippen LogP contribution in [0.15, 0.2) is 48.8 Å². The fourth-order valence-electron chi connectivity index (χ4n) is 1.58. The number of pyridine rings is 2. The molecule has 0 N–H and O–H groups in total. The maximum absolute atomic E-state index is 10.4. The number of rotatable bonds is 1. The maximum Gasteiger partial charge on any atom is 0.239 e. The summed E-state index contributed by atoms with van der Waals surface area (Å²) in [4.78, 5) is 29.3. The number of hydrogen-bond acceptors (Lipinski definition) is 4. The van der Waals surface area contributed by atoms with Crippen molar-refractivity contribution in [3.05, 3.63) is 48.8 Å². The minimum absolute atomic E-state index is 0.144. The number of nitrogens with zero attached hydrogens (tertiary/aromatic N) is 3. The van der Waals surface area contributed by atoms with Crippen molar-refractivity contribution in [2.45, 2.75) is 12.8 Å². The molecule has 2 aromatic rings. The lowest BCUT2D eigenvalue weighted by molar-refractivity contribution is -0.131. The van der Waals surface area contributed by atoms with Gasteiger partial charge in [0, 0.05) is 25.2 Å². The van der Waals surface area contributed by atoms with E-state index in [2.05, 4.69) is 26.1 Å². The Balaban J connectivity index is 0.000000160. The molecule has 0 aromatic carbocycles. The third-order valence-electron chi connectivity index (χ3n) is 2.58. The smallest absolute Gasteiger partial charge is 0.239 e. The SMILES string of the molecule is O=C1CCC(=O)N1Br.c1ccc(-c2ccccn2)nc1. The maximum atomic E-state index is 10.4. The number of imide groups is 1. The highest BCUT2D eigenvalue weighted by molar-refractivity contribution is 9.08. The molecule has 0 aliphatic carbocycles. The zero-order valence-corrected chi connectivity index (χ0v) is 12.2. The summed E-state index contributed by atoms with van der Waals surface area (Å²) in [6.07, 6.45) is 4.24. The Hall–Kier alpha value is -2.08. The first-order valence-corrected chi connectivity index (χ1v) is 6.73. The van der Waals surface area contributed by atoms with Gasteiger partial charge in [0.15, 0.2) is 0 Å². The monoisotopic (exact) mass is 333 g/mol. The lowest BCUT2D eigenvalue weighted by Crippen LogP contribution is -2.16. The Morgan fingerprint density at radius 3 is 1.55 bits per heavy atom. The van der Waals surface area contributed by atoms with E-state index in [-0.39, 0.29) is 11.8 Å². The van der Waals surface area contributed by atoms with Gasteiger partial charge in [-0.2, -0.15) is 0 Å². The summed E-state index contributed by atoms with van der Waals surface area (Å²) in [5, 5.41) is 0. The van der Waals surface area contributed by atoms with Crippen molar-refractivity contribution in [3.63, 3.8) is 0 Å². The standard InChI is InChI=1S/C10H8N2.C4H4BrNO2/c1-3-7-11-9(5-1)10-6-2-4-8-12-10;5-6-3(7)1-2-4(6)8/h1-8H;1-2H2. The number of halogens is 1. The summed E-state index contributed by atoms with van der Waals surface area (Å²) in [7, 11) is 0. The molecule has 1 saturated heterocycles. The molecule has 1 aliphatic rings. The highest BCUT2D eigenvalue weighted by Crippen LogP contribution is 2.14. The molecule has 0 atom stereocenters. The topological polar surface area (TPSA) is 63.2 Å². The molecule has 3 rings (SSSR count). The molecule has 102 valence electrons. The van der Waals surface area contributed by atoms with Crippen LogP contribution in [0.3, 0.4) is 0 Å². The highest BCUT2D eigenvalue weighted by Gasteiger charge is 2.26. The predicted octanol–water partition coefficient (Wildman–Crippen LogP) is 2.59. The van der Waals surface area contributed by atoms with Gasteiger partial charge in [0.25, 0.3) is 0 Å². The van der Waals surface area contributed by atoms with E-state index in [0.717, 1.165) is 15.3 Å². The Morgan fingerprint density at radius 1 is 0.850 bits per heavy atom. The molecule has 0 unspecified atom stereocenters. The van der Waals surface area contributed by atoms with Gasteiger partial charge in [0.2, 0.25) is 11.8 Å². The van der Waals surface area contributed by atoms with Crippen LogP contribution in [0.1, 0.15) is 12.8 Å². The second-order valence-corrected chi connectivity index (χ2v) is 4.71. The van der Waals surface area contributed by atoms with Crippen LogP contribution in [0.25, 0.3) is 11.4 Å². The number of carbonyl (C=O) groups excluding carboxylic acids is 2. The summed E-state index contributed by atoms with van der Waals surface area (Å²) in [6.45, 7) is 0. The zero-order chi connectivity index (χ0) is 14.4. The fourth-order valence-corrected chi connectivity index (χ4v) is 1.93. The van der Waals surface area contributed by atoms with E-state index < -0.39 is 0 Å². The first kappa shape index (κ1) is 14.3. The van der Waals surface area contributed by atoms with Gasteiger partial charge in [0.05, 0.1) is 27.5 Å². The second kappa shape index (κ2) is 6.91. The first-order chi connectivity index (χ1) is 9.68. The number of aromatic nitrogens is 2. The van der Waals surface area contributed by atoms with E-state index in [1.807, 2.05) is 36.4 Å². The fraction of sp³-hybridized carbons (Fsp3) is 0.143. The zero-order valence-electron chi connectivity index (χ0n) is 10.6. The average molecular weight is 334 g/mol. The van der Waals surface area contributed by atoms with Crippen molar-refractivity contribution < 1.29 is 9.59 Å². The summed E-state index contributed by atoms with van der Waals surface area (Å²) in [5.41, 5.74) is 1.83. The Kier molecular flexibility index (Phi) is 4.95. The predicted molar refractivity (Wildman–Crippen MR) is 77.5 cm³/mol. The summed E-state index contributed by atoms with van der Waals surface area (Å²) in [6, 6.07) is 11.6. The van der Waals surface area contributed by atoms with Gasteiger partial charge < -0.3 is 0 Å². The molecule has 0 radical (unpaired) electrons. The van der Waals surface area contributed by atoms with Gasteiger partial charge in [-0.25, -0.2) is 3.93 Å². The number of hydrogen-bond donors (Lipinski definition) is 0. The van der Waals surface area contributed by atoms with E-state index >= 15 is 0 Å². The molecule has 20 heavy (non-hydrogen) atoms. The minimum atomic E-state index is -0.144. The van der Waals surface area contributed by atoms with Crippen molar-refractivity contribution >= 4 is 28.0 Å². The van der Waals surface area contributed by atoms with Gasteiger partial charge in [-0.3, -0.25) is 19.6 Å². The molecule has 1 aliphatic heterocycles. The summed E-state index contributed by atoms with van der Waals surface area (Å²) >= 11 is 2.80. The molecule has 1 fully saturated rings. The summed E-state index contributed by atoms with van der Waals surface area (Å²) < 4.78 is 0.979. The van der Waals surface area contributed by atoms with E-state index in [9.17, 15) is 9.59 Å². The van der Waals surface area contributed by atoms with Crippen LogP contribution in [0, 0.1) is 0 Å². The third kappa shape index (κ3) is 3.71. The van der Waals surface area contributed by atoms with Crippen LogP contribution in [0.4, 0.5) is 0 Å². The van der Waals surface area contributed by atoms with Gasteiger partial charge >= 0.3 is 0 Å². The van der Waals surface area contributed by atoms with Crippen molar-refractivity contribution in [1.29, 1.82) is 0 Å². The Labute approximate surface area is 125 Å². The van der Waals surface area contributed by atoms with Crippen LogP contribution < -0.4 is 0 Å². The summed E-state index contributed by atoms with van der Waals surface area (Å²) in [5.74, 6) is -0.287. The van der Waals surface area contributed by atoms with Crippen molar-refractivity contribution in [2.24, 2.45) is 0 Å². The molecule has 0 spiro atoms. The van der Waals surface area contributed by atoms with Gasteiger partial charge in [-0.05, 0) is 24.3 Å². The Bertz CT molecular complexity index is 536. The Morgan fingerprint density at radius 2 is 1.30 bits per heavy atom. The van der Waals surface area contributed by atoms with Gasteiger partial charge in [0.1, 0.15) is 0 Å². The second-order valence-electron chi connectivity index (χ2n) is 4.00. The number of carbonyl (C=O) groups is 2. The first-order valence-electron chi connectivity index (χ1n) is 6.02. The molecule has 0 bridgehead atoms. The van der Waals surface area contributed by atoms with Gasteiger partial charge in [-0.15, -0.1) is 0 Å². The lowest BCUT2D eigenvalue weighted by Gasteiger charge is -1.97. The molecule has 3 heterocycles. The van der Waals surface area contributed by atoms with Crippen molar-refractivity contribution in [1.82, 2.24) is 13.9 Å². The molecule has 5 nitrogen and oxygen atoms in total. The number of amides is 2. The van der Waals surface area contributed by atoms with E-state index in [1.54, 1.807) is 12.4 Å². The normalized spacial score (nSPS) is 13.9. The molecule has 2 aromatic heterocycles.